The minimum Gasteiger partial charge on any atom is -0.316 e. The first-order valence-electron chi connectivity index (χ1n) is 7.39. The zero-order valence-electron chi connectivity index (χ0n) is 12.3. The van der Waals surface area contributed by atoms with Crippen molar-refractivity contribution < 1.29 is 0 Å². The summed E-state index contributed by atoms with van der Waals surface area (Å²) in [4.78, 5) is 4.19. The maximum atomic E-state index is 4.19. The average Bonchev–Trinajstić information content (AvgIpc) is 2.55. The molecule has 0 saturated heterocycles. The van der Waals surface area contributed by atoms with Crippen LogP contribution in [0, 0.1) is 0 Å². The van der Waals surface area contributed by atoms with E-state index in [1.807, 2.05) is 25.5 Å². The van der Waals surface area contributed by atoms with Gasteiger partial charge in [0.1, 0.15) is 0 Å². The Kier molecular flexibility index (Phi) is 4.27. The Morgan fingerprint density at radius 3 is 2.48 bits per heavy atom. The molecule has 0 radical (unpaired) electrons. The molecule has 1 N–H and O–H groups in total. The van der Waals surface area contributed by atoms with E-state index in [2.05, 4.69) is 58.8 Å². The molecule has 1 atom stereocenters. The normalized spacial score (nSPS) is 12.4. The van der Waals surface area contributed by atoms with Crippen molar-refractivity contribution in [2.45, 2.75) is 18.9 Å². The number of pyridine rings is 1. The van der Waals surface area contributed by atoms with Crippen LogP contribution in [0.1, 0.15) is 11.1 Å². The molecule has 0 aliphatic heterocycles. The molecule has 0 aliphatic rings. The first-order chi connectivity index (χ1) is 10.3. The molecule has 0 saturated carbocycles. The molecular formula is C19H20N2. The van der Waals surface area contributed by atoms with E-state index in [9.17, 15) is 0 Å². The quantitative estimate of drug-likeness (QED) is 0.770. The van der Waals surface area contributed by atoms with Crippen LogP contribution in [0.15, 0.2) is 67.0 Å². The largest absolute Gasteiger partial charge is 0.316 e. The smallest absolute Gasteiger partial charge is 0.0300 e. The first kappa shape index (κ1) is 13.8. The highest BCUT2D eigenvalue weighted by Gasteiger charge is 2.09. The number of hydrogen-bond donors (Lipinski definition) is 1. The summed E-state index contributed by atoms with van der Waals surface area (Å²) in [7, 11) is 2.03. The topological polar surface area (TPSA) is 24.9 Å². The highest BCUT2D eigenvalue weighted by atomic mass is 14.9. The van der Waals surface area contributed by atoms with E-state index in [4.69, 9.17) is 0 Å². The van der Waals surface area contributed by atoms with Gasteiger partial charge in [0.15, 0.2) is 0 Å². The predicted molar refractivity (Wildman–Crippen MR) is 88.4 cm³/mol. The molecule has 2 heteroatoms. The first-order valence-corrected chi connectivity index (χ1v) is 7.39. The van der Waals surface area contributed by atoms with Crippen molar-refractivity contribution in [2.75, 3.05) is 7.05 Å². The fraction of sp³-hybridized carbons (Fsp3) is 0.211. The van der Waals surface area contributed by atoms with Crippen LogP contribution in [0.2, 0.25) is 0 Å². The van der Waals surface area contributed by atoms with Crippen molar-refractivity contribution in [1.29, 1.82) is 0 Å². The number of rotatable bonds is 5. The number of aromatic nitrogens is 1. The second-order valence-corrected chi connectivity index (χ2v) is 5.44. The van der Waals surface area contributed by atoms with Crippen LogP contribution in [0.5, 0.6) is 0 Å². The lowest BCUT2D eigenvalue weighted by Gasteiger charge is -2.16. The summed E-state index contributed by atoms with van der Waals surface area (Å²) in [5.74, 6) is 0. The molecular weight excluding hydrogens is 256 g/mol. The SMILES string of the molecule is CNC(Cc1cccnc1)Cc1ccc2ccccc2c1. The second-order valence-electron chi connectivity index (χ2n) is 5.44. The van der Waals surface area contributed by atoms with Gasteiger partial charge < -0.3 is 5.32 Å². The van der Waals surface area contributed by atoms with Crippen LogP contribution in [0.25, 0.3) is 10.8 Å². The van der Waals surface area contributed by atoms with Crippen LogP contribution < -0.4 is 5.32 Å². The molecule has 3 rings (SSSR count). The van der Waals surface area contributed by atoms with E-state index in [0.29, 0.717) is 6.04 Å². The summed E-state index contributed by atoms with van der Waals surface area (Å²) in [5, 5.41) is 6.03. The summed E-state index contributed by atoms with van der Waals surface area (Å²) in [5.41, 5.74) is 2.65. The van der Waals surface area contributed by atoms with Crippen LogP contribution >= 0.6 is 0 Å². The molecule has 0 spiro atoms. The third kappa shape index (κ3) is 3.47. The van der Waals surface area contributed by atoms with E-state index in [0.717, 1.165) is 12.8 Å². The number of fused-ring (bicyclic) bond motifs is 1. The second kappa shape index (κ2) is 6.51. The Bertz CT molecular complexity index is 707. The number of hydrogen-bond acceptors (Lipinski definition) is 2. The highest BCUT2D eigenvalue weighted by molar-refractivity contribution is 5.82. The third-order valence-electron chi connectivity index (χ3n) is 3.91. The molecule has 106 valence electrons. The number of likely N-dealkylation sites (N-methyl/N-ethyl adjacent to an activating group) is 1. The van der Waals surface area contributed by atoms with Gasteiger partial charge in [-0.15, -0.1) is 0 Å². The van der Waals surface area contributed by atoms with E-state index in [1.54, 1.807) is 0 Å². The van der Waals surface area contributed by atoms with Crippen molar-refractivity contribution in [1.82, 2.24) is 10.3 Å². The van der Waals surface area contributed by atoms with Crippen molar-refractivity contribution in [3.05, 3.63) is 78.1 Å². The fourth-order valence-electron chi connectivity index (χ4n) is 2.73. The van der Waals surface area contributed by atoms with E-state index in [-0.39, 0.29) is 0 Å². The summed E-state index contributed by atoms with van der Waals surface area (Å²) in [6, 6.07) is 19.8. The predicted octanol–water partition coefficient (Wildman–Crippen LogP) is 3.61. The van der Waals surface area contributed by atoms with Gasteiger partial charge in [-0.1, -0.05) is 48.5 Å². The lowest BCUT2D eigenvalue weighted by Crippen LogP contribution is -2.29. The maximum absolute atomic E-state index is 4.19. The standard InChI is InChI=1S/C19H20N2/c1-20-19(13-16-5-4-10-21-14-16)12-15-8-9-17-6-2-3-7-18(17)11-15/h2-11,14,19-20H,12-13H2,1H3. The Morgan fingerprint density at radius 1 is 0.905 bits per heavy atom. The van der Waals surface area contributed by atoms with E-state index < -0.39 is 0 Å². The lowest BCUT2D eigenvalue weighted by molar-refractivity contribution is 0.556. The minimum atomic E-state index is 0.426. The molecule has 3 aromatic rings. The molecule has 1 heterocycles. The number of nitrogens with one attached hydrogen (secondary N) is 1. The lowest BCUT2D eigenvalue weighted by atomic mass is 9.98. The molecule has 2 aromatic carbocycles. The van der Waals surface area contributed by atoms with Crippen molar-refractivity contribution in [3.8, 4) is 0 Å². The molecule has 1 unspecified atom stereocenters. The van der Waals surface area contributed by atoms with E-state index in [1.165, 1.54) is 21.9 Å². The van der Waals surface area contributed by atoms with Crippen LogP contribution in [-0.4, -0.2) is 18.1 Å². The fourth-order valence-corrected chi connectivity index (χ4v) is 2.73. The number of nitrogens with zero attached hydrogens (tertiary/aromatic N) is 1. The third-order valence-corrected chi connectivity index (χ3v) is 3.91. The van der Waals surface area contributed by atoms with Gasteiger partial charge in [-0.05, 0) is 47.9 Å². The molecule has 0 amide bonds. The van der Waals surface area contributed by atoms with Crippen LogP contribution in [0.4, 0.5) is 0 Å². The molecule has 0 fully saturated rings. The van der Waals surface area contributed by atoms with Crippen LogP contribution in [0.3, 0.4) is 0 Å². The Morgan fingerprint density at radius 2 is 1.71 bits per heavy atom. The molecule has 1 aromatic heterocycles. The van der Waals surface area contributed by atoms with Gasteiger partial charge in [-0.2, -0.15) is 0 Å². The van der Waals surface area contributed by atoms with Gasteiger partial charge in [0.05, 0.1) is 0 Å². The Labute approximate surface area is 125 Å². The molecule has 0 aliphatic carbocycles. The summed E-state index contributed by atoms with van der Waals surface area (Å²) >= 11 is 0. The minimum absolute atomic E-state index is 0.426. The van der Waals surface area contributed by atoms with Gasteiger partial charge >= 0.3 is 0 Å². The van der Waals surface area contributed by atoms with Gasteiger partial charge in [-0.25, -0.2) is 0 Å². The van der Waals surface area contributed by atoms with Gasteiger partial charge in [0.25, 0.3) is 0 Å². The van der Waals surface area contributed by atoms with Crippen molar-refractivity contribution in [2.24, 2.45) is 0 Å². The summed E-state index contributed by atoms with van der Waals surface area (Å²) in [6.45, 7) is 0. The zero-order valence-corrected chi connectivity index (χ0v) is 12.3. The Balaban J connectivity index is 1.76. The van der Waals surface area contributed by atoms with Gasteiger partial charge in [0, 0.05) is 18.4 Å². The number of benzene rings is 2. The maximum Gasteiger partial charge on any atom is 0.0300 e. The van der Waals surface area contributed by atoms with Gasteiger partial charge in [-0.3, -0.25) is 4.98 Å². The average molecular weight is 276 g/mol. The van der Waals surface area contributed by atoms with Gasteiger partial charge in [0.2, 0.25) is 0 Å². The zero-order chi connectivity index (χ0) is 14.5. The molecule has 21 heavy (non-hydrogen) atoms. The molecule has 0 bridgehead atoms. The van der Waals surface area contributed by atoms with Crippen molar-refractivity contribution >= 4 is 10.8 Å². The molecule has 2 nitrogen and oxygen atoms in total. The highest BCUT2D eigenvalue weighted by Crippen LogP contribution is 2.17. The van der Waals surface area contributed by atoms with E-state index >= 15 is 0 Å². The van der Waals surface area contributed by atoms with Crippen molar-refractivity contribution in [3.63, 3.8) is 0 Å². The summed E-state index contributed by atoms with van der Waals surface area (Å²) in [6.07, 6.45) is 5.79. The summed E-state index contributed by atoms with van der Waals surface area (Å²) < 4.78 is 0. The monoisotopic (exact) mass is 276 g/mol. The van der Waals surface area contributed by atoms with Crippen LogP contribution in [-0.2, 0) is 12.8 Å². The Hall–Kier alpha value is -2.19.